The van der Waals surface area contributed by atoms with Crippen LogP contribution in [0.5, 0.6) is 5.75 Å². The Morgan fingerprint density at radius 3 is 2.92 bits per heavy atom. The van der Waals surface area contributed by atoms with Crippen molar-refractivity contribution in [2.45, 2.75) is 0 Å². The number of pyridine rings is 1. The molecule has 0 saturated heterocycles. The van der Waals surface area contributed by atoms with Crippen molar-refractivity contribution >= 4 is 31.9 Å². The third-order valence-corrected chi connectivity index (χ3v) is 1.74. The summed E-state index contributed by atoms with van der Waals surface area (Å²) < 4.78 is 7.02. The predicted molar refractivity (Wildman–Crippen MR) is 55.5 cm³/mol. The highest BCUT2D eigenvalue weighted by Gasteiger charge is 1.95. The first-order chi connectivity index (χ1) is 5.68. The number of hydrogen-bond acceptors (Lipinski definition) is 2. The van der Waals surface area contributed by atoms with Gasteiger partial charge in [0.2, 0.25) is 0 Å². The summed E-state index contributed by atoms with van der Waals surface area (Å²) in [6.07, 6.45) is 3.36. The van der Waals surface area contributed by atoms with Gasteiger partial charge in [0.05, 0.1) is 6.20 Å². The zero-order chi connectivity index (χ0) is 8.97. The first-order valence-corrected chi connectivity index (χ1v) is 4.83. The zero-order valence-electron chi connectivity index (χ0n) is 6.26. The van der Waals surface area contributed by atoms with E-state index < -0.39 is 0 Å². The highest BCUT2D eigenvalue weighted by Crippen LogP contribution is 2.16. The lowest BCUT2D eigenvalue weighted by molar-refractivity contribution is 0.359. The van der Waals surface area contributed by atoms with Crippen LogP contribution in [0.1, 0.15) is 0 Å². The second kappa shape index (κ2) is 4.62. The summed E-state index contributed by atoms with van der Waals surface area (Å²) in [4.78, 5) is 3.95. The van der Waals surface area contributed by atoms with Crippen LogP contribution in [-0.4, -0.2) is 11.6 Å². The van der Waals surface area contributed by atoms with Crippen molar-refractivity contribution in [3.8, 4) is 5.75 Å². The summed E-state index contributed by atoms with van der Waals surface area (Å²) in [6.45, 7) is 4.11. The normalized spacial score (nSPS) is 9.50. The molecule has 0 spiro atoms. The Balaban J connectivity index is 2.57. The number of ether oxygens (including phenoxy) is 1. The average Bonchev–Trinajstić information content (AvgIpc) is 2.01. The Morgan fingerprint density at radius 2 is 2.33 bits per heavy atom. The van der Waals surface area contributed by atoms with Gasteiger partial charge >= 0.3 is 0 Å². The van der Waals surface area contributed by atoms with Crippen LogP contribution < -0.4 is 4.74 Å². The van der Waals surface area contributed by atoms with Crippen molar-refractivity contribution in [2.75, 3.05) is 6.61 Å². The zero-order valence-corrected chi connectivity index (χ0v) is 9.43. The molecule has 1 aromatic heterocycles. The van der Waals surface area contributed by atoms with E-state index in [1.807, 2.05) is 6.07 Å². The van der Waals surface area contributed by atoms with Gasteiger partial charge in [0.15, 0.2) is 0 Å². The Morgan fingerprint density at radius 1 is 1.58 bits per heavy atom. The number of hydrogen-bond donors (Lipinski definition) is 0. The van der Waals surface area contributed by atoms with Gasteiger partial charge in [-0.1, -0.05) is 22.5 Å². The number of aromatic nitrogens is 1. The lowest BCUT2D eigenvalue weighted by Gasteiger charge is -2.03. The van der Waals surface area contributed by atoms with Crippen molar-refractivity contribution in [3.05, 3.63) is 34.0 Å². The first-order valence-electron chi connectivity index (χ1n) is 3.25. The van der Waals surface area contributed by atoms with E-state index in [1.54, 1.807) is 12.4 Å². The summed E-state index contributed by atoms with van der Waals surface area (Å²) >= 11 is 6.49. The summed E-state index contributed by atoms with van der Waals surface area (Å²) in [5, 5.41) is 0. The van der Waals surface area contributed by atoms with E-state index in [9.17, 15) is 0 Å². The molecule has 0 N–H and O–H groups in total. The highest BCUT2D eigenvalue weighted by atomic mass is 79.9. The van der Waals surface area contributed by atoms with E-state index in [-0.39, 0.29) is 0 Å². The maximum Gasteiger partial charge on any atom is 0.139 e. The number of rotatable bonds is 3. The van der Waals surface area contributed by atoms with Crippen LogP contribution in [0.15, 0.2) is 34.0 Å². The van der Waals surface area contributed by atoms with E-state index in [0.29, 0.717) is 6.61 Å². The Hall–Kier alpha value is -0.350. The fourth-order valence-corrected chi connectivity index (χ4v) is 1.09. The molecular formula is C8H7Br2NO. The van der Waals surface area contributed by atoms with Crippen LogP contribution in [0.3, 0.4) is 0 Å². The van der Waals surface area contributed by atoms with Crippen molar-refractivity contribution < 1.29 is 4.74 Å². The predicted octanol–water partition coefficient (Wildman–Crippen LogP) is 3.13. The maximum absolute atomic E-state index is 5.31. The van der Waals surface area contributed by atoms with Gasteiger partial charge in [-0.3, -0.25) is 4.98 Å². The van der Waals surface area contributed by atoms with Gasteiger partial charge in [0.25, 0.3) is 0 Å². The third-order valence-electron chi connectivity index (χ3n) is 1.08. The second-order valence-corrected chi connectivity index (χ2v) is 4.18. The fraction of sp³-hybridized carbons (Fsp3) is 0.125. The van der Waals surface area contributed by atoms with Gasteiger partial charge in [0, 0.05) is 15.2 Å². The SMILES string of the molecule is C=C(Br)COc1cncc(Br)c1. The highest BCUT2D eigenvalue weighted by molar-refractivity contribution is 9.11. The number of halogens is 2. The molecule has 0 saturated carbocycles. The van der Waals surface area contributed by atoms with Gasteiger partial charge in [-0.15, -0.1) is 0 Å². The van der Waals surface area contributed by atoms with E-state index in [1.165, 1.54) is 0 Å². The van der Waals surface area contributed by atoms with Crippen molar-refractivity contribution in [1.29, 1.82) is 0 Å². The molecule has 0 fully saturated rings. The molecule has 0 bridgehead atoms. The first kappa shape index (κ1) is 9.74. The van der Waals surface area contributed by atoms with E-state index >= 15 is 0 Å². The van der Waals surface area contributed by atoms with Crippen molar-refractivity contribution in [3.63, 3.8) is 0 Å². The van der Waals surface area contributed by atoms with E-state index in [4.69, 9.17) is 4.74 Å². The van der Waals surface area contributed by atoms with Gasteiger partial charge in [-0.2, -0.15) is 0 Å². The second-order valence-electron chi connectivity index (χ2n) is 2.14. The minimum absolute atomic E-state index is 0.456. The van der Waals surface area contributed by atoms with Gasteiger partial charge in [0.1, 0.15) is 12.4 Å². The molecule has 0 atom stereocenters. The van der Waals surface area contributed by atoms with Crippen LogP contribution in [0.2, 0.25) is 0 Å². The molecule has 0 amide bonds. The molecule has 4 heteroatoms. The molecule has 1 heterocycles. The standard InChI is InChI=1S/C8H7Br2NO/c1-6(9)5-12-8-2-7(10)3-11-4-8/h2-4H,1,5H2. The van der Waals surface area contributed by atoms with Crippen LogP contribution in [0.25, 0.3) is 0 Å². The monoisotopic (exact) mass is 291 g/mol. The van der Waals surface area contributed by atoms with E-state index in [0.717, 1.165) is 14.7 Å². The minimum Gasteiger partial charge on any atom is -0.487 e. The molecule has 0 radical (unpaired) electrons. The molecular weight excluding hydrogens is 286 g/mol. The molecule has 12 heavy (non-hydrogen) atoms. The minimum atomic E-state index is 0.456. The van der Waals surface area contributed by atoms with E-state index in [2.05, 4.69) is 43.4 Å². The molecule has 2 nitrogen and oxygen atoms in total. The topological polar surface area (TPSA) is 22.1 Å². The summed E-state index contributed by atoms with van der Waals surface area (Å²) in [5.41, 5.74) is 0. The molecule has 0 aromatic carbocycles. The van der Waals surface area contributed by atoms with Crippen LogP contribution in [0, 0.1) is 0 Å². The van der Waals surface area contributed by atoms with Crippen LogP contribution in [0.4, 0.5) is 0 Å². The molecule has 0 aliphatic heterocycles. The average molecular weight is 293 g/mol. The summed E-state index contributed by atoms with van der Waals surface area (Å²) in [5.74, 6) is 0.727. The number of nitrogens with zero attached hydrogens (tertiary/aromatic N) is 1. The fourth-order valence-electron chi connectivity index (χ4n) is 0.633. The lowest BCUT2D eigenvalue weighted by Crippen LogP contribution is -1.95. The summed E-state index contributed by atoms with van der Waals surface area (Å²) in [7, 11) is 0. The van der Waals surface area contributed by atoms with Crippen molar-refractivity contribution in [2.24, 2.45) is 0 Å². The van der Waals surface area contributed by atoms with Crippen LogP contribution >= 0.6 is 31.9 Å². The molecule has 0 aliphatic carbocycles. The van der Waals surface area contributed by atoms with Gasteiger partial charge in [-0.05, 0) is 22.0 Å². The molecule has 1 rings (SSSR count). The lowest BCUT2D eigenvalue weighted by atomic mass is 10.5. The Kier molecular flexibility index (Phi) is 3.75. The quantitative estimate of drug-likeness (QED) is 0.854. The molecule has 1 aromatic rings. The maximum atomic E-state index is 5.31. The molecule has 64 valence electrons. The smallest absolute Gasteiger partial charge is 0.139 e. The van der Waals surface area contributed by atoms with Gasteiger partial charge in [-0.25, -0.2) is 0 Å². The largest absolute Gasteiger partial charge is 0.487 e. The summed E-state index contributed by atoms with van der Waals surface area (Å²) in [6, 6.07) is 1.85. The molecule has 0 aliphatic rings. The Bertz CT molecular complexity index is 288. The van der Waals surface area contributed by atoms with Crippen LogP contribution in [-0.2, 0) is 0 Å². The molecule has 0 unspecified atom stereocenters. The van der Waals surface area contributed by atoms with Crippen molar-refractivity contribution in [1.82, 2.24) is 4.98 Å². The Labute approximate surface area is 87.9 Å². The van der Waals surface area contributed by atoms with Gasteiger partial charge < -0.3 is 4.74 Å². The third kappa shape index (κ3) is 3.36.